The minimum Gasteiger partial charge on any atom is -0.508 e. The Balaban J connectivity index is 2.90. The third-order valence-electron chi connectivity index (χ3n) is 1.80. The van der Waals surface area contributed by atoms with E-state index < -0.39 is 0 Å². The number of carbonyl (C=O) groups is 1. The highest BCUT2D eigenvalue weighted by Crippen LogP contribution is 2.16. The van der Waals surface area contributed by atoms with Crippen LogP contribution in [0.4, 0.5) is 0 Å². The van der Waals surface area contributed by atoms with E-state index in [2.05, 4.69) is 5.32 Å². The number of amides is 1. The van der Waals surface area contributed by atoms with Gasteiger partial charge in [0.1, 0.15) is 5.75 Å². The van der Waals surface area contributed by atoms with Crippen molar-refractivity contribution in [3.63, 3.8) is 0 Å². The lowest BCUT2D eigenvalue weighted by Crippen LogP contribution is -2.22. The summed E-state index contributed by atoms with van der Waals surface area (Å²) in [6.45, 7) is 4.24. The van der Waals surface area contributed by atoms with Crippen LogP contribution >= 0.6 is 0 Å². The summed E-state index contributed by atoms with van der Waals surface area (Å²) >= 11 is 0. The first-order chi connectivity index (χ1) is 6.15. The smallest absolute Gasteiger partial charge is 0.251 e. The van der Waals surface area contributed by atoms with Crippen molar-refractivity contribution in [2.24, 2.45) is 0 Å². The van der Waals surface area contributed by atoms with Gasteiger partial charge < -0.3 is 10.4 Å². The first-order valence-electron chi connectivity index (χ1n) is 4.23. The fourth-order valence-electron chi connectivity index (χ4n) is 1.06. The molecule has 1 amide bonds. The largest absolute Gasteiger partial charge is 0.508 e. The van der Waals surface area contributed by atoms with Crippen molar-refractivity contribution in [2.45, 2.75) is 13.8 Å². The molecule has 3 nitrogen and oxygen atoms in total. The molecule has 1 rings (SSSR count). The van der Waals surface area contributed by atoms with Crippen LogP contribution in [0.3, 0.4) is 0 Å². The quantitative estimate of drug-likeness (QED) is 0.722. The third-order valence-corrected chi connectivity index (χ3v) is 1.80. The standard InChI is InChI=1S/C10H13NO2/c1-3-11-10(13)8-4-5-9(12)7(2)6-8/h4-6,12H,3H2,1-2H3,(H,11,13). The van der Waals surface area contributed by atoms with Crippen molar-refractivity contribution in [3.8, 4) is 5.75 Å². The second kappa shape index (κ2) is 3.94. The molecule has 0 heterocycles. The Bertz CT molecular complexity index is 321. The molecule has 0 radical (unpaired) electrons. The number of phenols is 1. The zero-order valence-electron chi connectivity index (χ0n) is 7.79. The van der Waals surface area contributed by atoms with Crippen LogP contribution < -0.4 is 5.32 Å². The molecule has 0 aliphatic rings. The lowest BCUT2D eigenvalue weighted by atomic mass is 10.1. The molecule has 0 aliphatic heterocycles. The van der Waals surface area contributed by atoms with Gasteiger partial charge in [0.05, 0.1) is 0 Å². The second-order valence-electron chi connectivity index (χ2n) is 2.86. The predicted octanol–water partition coefficient (Wildman–Crippen LogP) is 1.45. The first kappa shape index (κ1) is 9.58. The van der Waals surface area contributed by atoms with Gasteiger partial charge in [-0.25, -0.2) is 0 Å². The van der Waals surface area contributed by atoms with Gasteiger partial charge in [-0.05, 0) is 37.6 Å². The van der Waals surface area contributed by atoms with Gasteiger partial charge in [0.2, 0.25) is 0 Å². The Kier molecular flexibility index (Phi) is 2.90. The Morgan fingerprint density at radius 2 is 2.23 bits per heavy atom. The highest BCUT2D eigenvalue weighted by molar-refractivity contribution is 5.94. The van der Waals surface area contributed by atoms with E-state index in [0.29, 0.717) is 17.7 Å². The number of benzene rings is 1. The number of aromatic hydroxyl groups is 1. The molecule has 0 saturated heterocycles. The van der Waals surface area contributed by atoms with Gasteiger partial charge in [-0.3, -0.25) is 4.79 Å². The molecule has 0 spiro atoms. The van der Waals surface area contributed by atoms with E-state index in [9.17, 15) is 9.90 Å². The Hall–Kier alpha value is -1.51. The number of phenolic OH excluding ortho intramolecular Hbond substituents is 1. The van der Waals surface area contributed by atoms with E-state index in [4.69, 9.17) is 0 Å². The number of carbonyl (C=O) groups excluding carboxylic acids is 1. The molecule has 0 bridgehead atoms. The van der Waals surface area contributed by atoms with Crippen LogP contribution in [0.5, 0.6) is 5.75 Å². The molecule has 3 heteroatoms. The van der Waals surface area contributed by atoms with Crippen LogP contribution in [-0.2, 0) is 0 Å². The lowest BCUT2D eigenvalue weighted by Gasteiger charge is -2.03. The maximum Gasteiger partial charge on any atom is 0.251 e. The molecule has 0 unspecified atom stereocenters. The normalized spacial score (nSPS) is 9.69. The van der Waals surface area contributed by atoms with Crippen molar-refractivity contribution < 1.29 is 9.90 Å². The Morgan fingerprint density at radius 3 is 2.77 bits per heavy atom. The minimum absolute atomic E-state index is 0.106. The Labute approximate surface area is 77.4 Å². The fourth-order valence-corrected chi connectivity index (χ4v) is 1.06. The molecule has 0 aromatic heterocycles. The summed E-state index contributed by atoms with van der Waals surface area (Å²) < 4.78 is 0. The highest BCUT2D eigenvalue weighted by atomic mass is 16.3. The van der Waals surface area contributed by atoms with Gasteiger partial charge in [-0.1, -0.05) is 0 Å². The number of aryl methyl sites for hydroxylation is 1. The van der Waals surface area contributed by atoms with Gasteiger partial charge in [0.25, 0.3) is 5.91 Å². The molecule has 1 aromatic rings. The molecular formula is C10H13NO2. The summed E-state index contributed by atoms with van der Waals surface area (Å²) in [4.78, 5) is 11.3. The maximum absolute atomic E-state index is 11.3. The summed E-state index contributed by atoms with van der Waals surface area (Å²) in [7, 11) is 0. The summed E-state index contributed by atoms with van der Waals surface area (Å²) in [5.74, 6) is 0.110. The molecule has 13 heavy (non-hydrogen) atoms. The summed E-state index contributed by atoms with van der Waals surface area (Å²) in [6.07, 6.45) is 0. The van der Waals surface area contributed by atoms with Crippen molar-refractivity contribution >= 4 is 5.91 Å². The van der Waals surface area contributed by atoms with Gasteiger partial charge in [0.15, 0.2) is 0 Å². The van der Waals surface area contributed by atoms with Gasteiger partial charge in [0, 0.05) is 12.1 Å². The van der Waals surface area contributed by atoms with Crippen LogP contribution in [-0.4, -0.2) is 17.6 Å². The fraction of sp³-hybridized carbons (Fsp3) is 0.300. The molecular weight excluding hydrogens is 166 g/mol. The molecule has 2 N–H and O–H groups in total. The van der Waals surface area contributed by atoms with E-state index in [0.717, 1.165) is 0 Å². The summed E-state index contributed by atoms with van der Waals surface area (Å²) in [5, 5.41) is 11.9. The van der Waals surface area contributed by atoms with Crippen LogP contribution in [0.1, 0.15) is 22.8 Å². The van der Waals surface area contributed by atoms with Gasteiger partial charge in [-0.15, -0.1) is 0 Å². The zero-order chi connectivity index (χ0) is 9.84. The van der Waals surface area contributed by atoms with Crippen molar-refractivity contribution in [3.05, 3.63) is 29.3 Å². The average Bonchev–Trinajstić information content (AvgIpc) is 2.10. The molecule has 0 fully saturated rings. The molecule has 0 aliphatic carbocycles. The van der Waals surface area contributed by atoms with Crippen LogP contribution in [0.25, 0.3) is 0 Å². The summed E-state index contributed by atoms with van der Waals surface area (Å²) in [5.41, 5.74) is 1.29. The molecule has 0 saturated carbocycles. The number of rotatable bonds is 2. The van der Waals surface area contributed by atoms with E-state index in [-0.39, 0.29) is 11.7 Å². The van der Waals surface area contributed by atoms with Gasteiger partial charge >= 0.3 is 0 Å². The predicted molar refractivity (Wildman–Crippen MR) is 50.9 cm³/mol. The number of hydrogen-bond donors (Lipinski definition) is 2. The molecule has 0 atom stereocenters. The van der Waals surface area contributed by atoms with E-state index in [1.165, 1.54) is 6.07 Å². The monoisotopic (exact) mass is 179 g/mol. The van der Waals surface area contributed by atoms with E-state index in [1.807, 2.05) is 6.92 Å². The number of hydrogen-bond acceptors (Lipinski definition) is 2. The topological polar surface area (TPSA) is 49.3 Å². The van der Waals surface area contributed by atoms with Crippen LogP contribution in [0, 0.1) is 6.92 Å². The van der Waals surface area contributed by atoms with E-state index in [1.54, 1.807) is 19.1 Å². The lowest BCUT2D eigenvalue weighted by molar-refractivity contribution is 0.0955. The molecule has 1 aromatic carbocycles. The number of nitrogens with one attached hydrogen (secondary N) is 1. The average molecular weight is 179 g/mol. The second-order valence-corrected chi connectivity index (χ2v) is 2.86. The first-order valence-corrected chi connectivity index (χ1v) is 4.23. The minimum atomic E-state index is -0.106. The third kappa shape index (κ3) is 2.21. The zero-order valence-corrected chi connectivity index (χ0v) is 7.79. The van der Waals surface area contributed by atoms with Crippen molar-refractivity contribution in [2.75, 3.05) is 6.54 Å². The van der Waals surface area contributed by atoms with E-state index >= 15 is 0 Å². The van der Waals surface area contributed by atoms with Crippen LogP contribution in [0.15, 0.2) is 18.2 Å². The van der Waals surface area contributed by atoms with Gasteiger partial charge in [-0.2, -0.15) is 0 Å². The SMILES string of the molecule is CCNC(=O)c1ccc(O)c(C)c1. The van der Waals surface area contributed by atoms with Crippen molar-refractivity contribution in [1.29, 1.82) is 0 Å². The molecule has 70 valence electrons. The van der Waals surface area contributed by atoms with Crippen LogP contribution in [0.2, 0.25) is 0 Å². The Morgan fingerprint density at radius 1 is 1.54 bits per heavy atom. The highest BCUT2D eigenvalue weighted by Gasteiger charge is 2.05. The van der Waals surface area contributed by atoms with Crippen molar-refractivity contribution in [1.82, 2.24) is 5.32 Å². The maximum atomic E-state index is 11.3. The summed E-state index contributed by atoms with van der Waals surface area (Å²) in [6, 6.07) is 4.80.